The summed E-state index contributed by atoms with van der Waals surface area (Å²) in [4.78, 5) is 26.2. The van der Waals surface area contributed by atoms with Gasteiger partial charge in [-0.05, 0) is 24.8 Å². The molecule has 6 nitrogen and oxygen atoms in total. The lowest BCUT2D eigenvalue weighted by Crippen LogP contribution is -2.49. The Morgan fingerprint density at radius 1 is 1.07 bits per heavy atom. The van der Waals surface area contributed by atoms with Gasteiger partial charge in [-0.3, -0.25) is 14.3 Å². The van der Waals surface area contributed by atoms with Gasteiger partial charge in [0.1, 0.15) is 0 Å². The molecule has 0 fully saturated rings. The molecule has 0 saturated heterocycles. The third kappa shape index (κ3) is 3.31. The molecule has 0 bridgehead atoms. The first kappa shape index (κ1) is 12.2. The van der Waals surface area contributed by atoms with Gasteiger partial charge in [-0.15, -0.1) is 0 Å². The Bertz CT molecular complexity index is 1270. The standard InChI is InChI=1S/C23H23N3O3/c1-15(2)25-14-18(26-21(23(25)29)22(28)19(27)13-24-26)20(16-9-5-3-6-10-16)17-11-7-4-8-12-17/h3-13,15,18,20,28H,14H2,1-2H3/t18-/m1/s1/i1D3,2D3,15D. The van der Waals surface area contributed by atoms with Crippen molar-refractivity contribution in [1.29, 1.82) is 0 Å². The number of aromatic nitrogens is 2. The second kappa shape index (κ2) is 7.54. The first-order chi connectivity index (χ1) is 16.8. The van der Waals surface area contributed by atoms with Crippen molar-refractivity contribution in [3.05, 3.63) is 93.9 Å². The molecule has 1 aliphatic heterocycles. The Labute approximate surface area is 178 Å². The molecule has 4 rings (SSSR count). The van der Waals surface area contributed by atoms with Crippen molar-refractivity contribution in [3.63, 3.8) is 0 Å². The Balaban J connectivity index is 2.03. The van der Waals surface area contributed by atoms with E-state index in [1.807, 2.05) is 24.3 Å². The first-order valence-corrected chi connectivity index (χ1v) is 9.01. The number of hydrogen-bond donors (Lipinski definition) is 1. The number of benzene rings is 2. The van der Waals surface area contributed by atoms with Crippen LogP contribution in [0.25, 0.3) is 0 Å². The number of amides is 1. The summed E-state index contributed by atoms with van der Waals surface area (Å²) < 4.78 is 57.1. The number of fused-ring (bicyclic) bond motifs is 1. The number of carbonyl (C=O) groups excluding carboxylic acids is 1. The highest BCUT2D eigenvalue weighted by Crippen LogP contribution is 2.39. The fraction of sp³-hybridized carbons (Fsp3) is 0.261. The van der Waals surface area contributed by atoms with Crippen LogP contribution in [0.2, 0.25) is 0 Å². The van der Waals surface area contributed by atoms with E-state index < -0.39 is 61.0 Å². The number of hydrogen-bond acceptors (Lipinski definition) is 4. The van der Waals surface area contributed by atoms with Crippen molar-refractivity contribution < 1.29 is 19.5 Å². The van der Waals surface area contributed by atoms with Crippen molar-refractivity contribution in [3.8, 4) is 5.75 Å². The minimum absolute atomic E-state index is 0.423. The largest absolute Gasteiger partial charge is 0.502 e. The molecule has 1 N–H and O–H groups in total. The van der Waals surface area contributed by atoms with Crippen molar-refractivity contribution >= 4 is 5.91 Å². The maximum absolute atomic E-state index is 13.5. The molecule has 6 heteroatoms. The molecule has 29 heavy (non-hydrogen) atoms. The summed E-state index contributed by atoms with van der Waals surface area (Å²) in [5.41, 5.74) is -0.204. The highest BCUT2D eigenvalue weighted by Gasteiger charge is 2.40. The van der Waals surface area contributed by atoms with Gasteiger partial charge >= 0.3 is 0 Å². The fourth-order valence-corrected chi connectivity index (χ4v) is 3.78. The quantitative estimate of drug-likeness (QED) is 0.735. The summed E-state index contributed by atoms with van der Waals surface area (Å²) in [5, 5.41) is 14.7. The van der Waals surface area contributed by atoms with E-state index in [1.165, 1.54) is 0 Å². The number of carbonyl (C=O) groups is 1. The lowest BCUT2D eigenvalue weighted by molar-refractivity contribution is 0.0570. The van der Waals surface area contributed by atoms with Gasteiger partial charge in [-0.1, -0.05) is 60.7 Å². The van der Waals surface area contributed by atoms with Crippen molar-refractivity contribution in [2.75, 3.05) is 6.54 Å². The van der Waals surface area contributed by atoms with Gasteiger partial charge in [-0.2, -0.15) is 5.10 Å². The van der Waals surface area contributed by atoms with Gasteiger partial charge in [0.2, 0.25) is 5.43 Å². The second-order valence-electron chi connectivity index (χ2n) is 6.78. The zero-order valence-electron chi connectivity index (χ0n) is 22.3. The molecule has 148 valence electrons. The lowest BCUT2D eigenvalue weighted by Gasteiger charge is -2.40. The summed E-state index contributed by atoms with van der Waals surface area (Å²) in [5.74, 6) is -2.90. The summed E-state index contributed by atoms with van der Waals surface area (Å²) >= 11 is 0. The normalized spacial score (nSPS) is 21.1. The van der Waals surface area contributed by atoms with E-state index in [9.17, 15) is 14.7 Å². The third-order valence-electron chi connectivity index (χ3n) is 5.09. The molecular weight excluding hydrogens is 366 g/mol. The highest BCUT2D eigenvalue weighted by atomic mass is 16.3. The molecule has 1 aliphatic rings. The number of aromatic hydroxyl groups is 1. The molecular formula is C23H23N3O3. The number of nitrogens with zero attached hydrogens (tertiary/aromatic N) is 3. The molecule has 1 atom stereocenters. The topological polar surface area (TPSA) is 75.4 Å². The molecule has 1 amide bonds. The summed E-state index contributed by atoms with van der Waals surface area (Å²) in [7, 11) is 0. The predicted octanol–water partition coefficient (Wildman–Crippen LogP) is 3.19. The third-order valence-corrected chi connectivity index (χ3v) is 5.09. The van der Waals surface area contributed by atoms with E-state index in [4.69, 9.17) is 9.60 Å². The van der Waals surface area contributed by atoms with Crippen LogP contribution >= 0.6 is 0 Å². The molecule has 0 aliphatic carbocycles. The Morgan fingerprint density at radius 2 is 1.66 bits per heavy atom. The highest BCUT2D eigenvalue weighted by molar-refractivity contribution is 5.96. The average molecular weight is 396 g/mol. The van der Waals surface area contributed by atoms with Gasteiger partial charge in [0, 0.05) is 26.7 Å². The summed E-state index contributed by atoms with van der Waals surface area (Å²) in [6.07, 6.45) is 0.837. The maximum atomic E-state index is 13.5. The summed E-state index contributed by atoms with van der Waals surface area (Å²) in [6, 6.07) is 13.6. The van der Waals surface area contributed by atoms with E-state index in [-0.39, 0.29) is 0 Å². The maximum Gasteiger partial charge on any atom is 0.276 e. The van der Waals surface area contributed by atoms with Crippen LogP contribution in [0.3, 0.4) is 0 Å². The molecule has 2 heterocycles. The Kier molecular flexibility index (Phi) is 3.18. The van der Waals surface area contributed by atoms with Gasteiger partial charge < -0.3 is 10.0 Å². The van der Waals surface area contributed by atoms with E-state index in [2.05, 4.69) is 5.10 Å². The Morgan fingerprint density at radius 3 is 2.21 bits per heavy atom. The zero-order valence-corrected chi connectivity index (χ0v) is 15.3. The van der Waals surface area contributed by atoms with E-state index in [0.717, 1.165) is 22.0 Å². The lowest BCUT2D eigenvalue weighted by atomic mass is 9.83. The van der Waals surface area contributed by atoms with Gasteiger partial charge in [0.25, 0.3) is 5.91 Å². The van der Waals surface area contributed by atoms with Crippen LogP contribution in [0.1, 0.15) is 56.9 Å². The van der Waals surface area contributed by atoms with Crippen LogP contribution in [0.5, 0.6) is 5.75 Å². The van der Waals surface area contributed by atoms with Crippen molar-refractivity contribution in [1.82, 2.24) is 14.7 Å². The van der Waals surface area contributed by atoms with Crippen molar-refractivity contribution in [2.24, 2.45) is 0 Å². The molecule has 1 aromatic heterocycles. The minimum Gasteiger partial charge on any atom is -0.502 e. The molecule has 0 radical (unpaired) electrons. The van der Waals surface area contributed by atoms with Crippen LogP contribution in [0.15, 0.2) is 71.7 Å². The molecule has 3 aromatic rings. The monoisotopic (exact) mass is 396 g/mol. The van der Waals surface area contributed by atoms with Crippen LogP contribution in [0.4, 0.5) is 0 Å². The first-order valence-electron chi connectivity index (χ1n) is 12.5. The van der Waals surface area contributed by atoms with Gasteiger partial charge in [0.15, 0.2) is 11.4 Å². The van der Waals surface area contributed by atoms with Crippen molar-refractivity contribution in [2.45, 2.75) is 31.7 Å². The zero-order chi connectivity index (χ0) is 26.5. The van der Waals surface area contributed by atoms with E-state index >= 15 is 0 Å². The fourth-order valence-electron chi connectivity index (χ4n) is 3.78. The number of rotatable bonds is 4. The Hall–Kier alpha value is -3.41. The molecule has 0 unspecified atom stereocenters. The molecule has 2 aromatic carbocycles. The van der Waals surface area contributed by atoms with Crippen LogP contribution in [0, 0.1) is 0 Å². The molecule has 0 saturated carbocycles. The van der Waals surface area contributed by atoms with Crippen LogP contribution in [-0.4, -0.2) is 38.3 Å². The smallest absolute Gasteiger partial charge is 0.276 e. The van der Waals surface area contributed by atoms with Crippen LogP contribution < -0.4 is 5.43 Å². The SMILES string of the molecule is [2H]C([2H])([2H])C([2H])(N1C[C@H](C(c2ccccc2)c2ccccc2)n2ncc(=O)c(O)c2C1=O)C([2H])([2H])[2H]. The van der Waals surface area contributed by atoms with E-state index in [0.29, 0.717) is 4.90 Å². The van der Waals surface area contributed by atoms with Gasteiger partial charge in [0.05, 0.1) is 13.6 Å². The van der Waals surface area contributed by atoms with Crippen LogP contribution in [-0.2, 0) is 0 Å². The van der Waals surface area contributed by atoms with E-state index in [1.54, 1.807) is 36.4 Å². The minimum atomic E-state index is -3.45. The molecule has 0 spiro atoms. The second-order valence-corrected chi connectivity index (χ2v) is 6.78. The summed E-state index contributed by atoms with van der Waals surface area (Å²) in [6.45, 7) is -7.43. The van der Waals surface area contributed by atoms with Gasteiger partial charge in [-0.25, -0.2) is 0 Å². The predicted molar refractivity (Wildman–Crippen MR) is 110 cm³/mol. The average Bonchev–Trinajstić information content (AvgIpc) is 2.82.